The molecule has 0 N–H and O–H groups in total. The van der Waals surface area contributed by atoms with Crippen molar-refractivity contribution in [3.63, 3.8) is 0 Å². The van der Waals surface area contributed by atoms with Crippen LogP contribution in [0.3, 0.4) is 0 Å². The normalized spacial score (nSPS) is 8.29. The Kier molecular flexibility index (Phi) is 77.9. The Balaban J connectivity index is -0.000000255. The third-order valence-electron chi connectivity index (χ3n) is 12.4. The molecule has 6 aromatic carbocycles. The summed E-state index contributed by atoms with van der Waals surface area (Å²) in [4.78, 5) is 24.3. The van der Waals surface area contributed by atoms with Crippen LogP contribution >= 0.6 is 0 Å². The van der Waals surface area contributed by atoms with E-state index in [9.17, 15) is 0 Å². The molecule has 0 bridgehead atoms. The summed E-state index contributed by atoms with van der Waals surface area (Å²) in [7, 11) is 0. The van der Waals surface area contributed by atoms with Crippen LogP contribution in [-0.2, 0) is 0 Å². The Labute approximate surface area is 626 Å². The molecular weight excluding hydrogens is 1240 g/mol. The molecule has 0 amide bonds. The zero-order chi connectivity index (χ0) is 78.6. The van der Waals surface area contributed by atoms with E-state index in [-0.39, 0.29) is 0 Å². The van der Waals surface area contributed by atoms with Crippen molar-refractivity contribution >= 4 is 0 Å². The highest BCUT2D eigenvalue weighted by atomic mass is 14.6. The maximum atomic E-state index is 4.10. The Morgan fingerprint density at radius 1 is 0.157 bits per heavy atom. The van der Waals surface area contributed by atoms with E-state index >= 15 is 0 Å². The summed E-state index contributed by atoms with van der Waals surface area (Å²) < 4.78 is 0. The van der Waals surface area contributed by atoms with Gasteiger partial charge in [0.15, 0.2) is 0 Å². The Hall–Kier alpha value is -9.78. The summed E-state index contributed by atoms with van der Waals surface area (Å²) >= 11 is 0. The van der Waals surface area contributed by atoms with Gasteiger partial charge in [0.1, 0.15) is 0 Å². The van der Waals surface area contributed by atoms with E-state index < -0.39 is 0 Å². The lowest BCUT2D eigenvalue weighted by Gasteiger charge is -2.03. The molecule has 0 aliphatic rings. The van der Waals surface area contributed by atoms with Gasteiger partial charge in [0.2, 0.25) is 0 Å². The minimum atomic E-state index is 1.17. The highest BCUT2D eigenvalue weighted by Crippen LogP contribution is 2.24. The monoisotopic (exact) mass is 1380 g/mol. The molecule has 102 heavy (non-hydrogen) atoms. The fraction of sp³-hybridized carbons (Fsp3) is 0.312. The lowest BCUT2D eigenvalue weighted by atomic mass is 10.0. The van der Waals surface area contributed by atoms with Gasteiger partial charge < -0.3 is 0 Å². The second kappa shape index (κ2) is 77.0. The molecule has 0 atom stereocenters. The van der Waals surface area contributed by atoms with Gasteiger partial charge in [-0.2, -0.15) is 0 Å². The first-order chi connectivity index (χ1) is 50.2. The Bertz CT molecular complexity index is 3290. The fourth-order valence-corrected chi connectivity index (χ4v) is 8.07. The molecule has 6 nitrogen and oxygen atoms in total. The van der Waals surface area contributed by atoms with E-state index in [1.807, 2.05) is 277 Å². The second-order valence-corrected chi connectivity index (χ2v) is 18.5. The summed E-state index contributed by atoms with van der Waals surface area (Å²) in [5.41, 5.74) is 22.4. The van der Waals surface area contributed by atoms with Crippen LogP contribution in [-0.4, -0.2) is 29.9 Å². The molecule has 6 aromatic heterocycles. The van der Waals surface area contributed by atoms with Crippen LogP contribution in [0.1, 0.15) is 200 Å². The maximum absolute atomic E-state index is 4.10. The third kappa shape index (κ3) is 46.5. The van der Waals surface area contributed by atoms with Crippen LogP contribution in [0.4, 0.5) is 0 Å². The fourth-order valence-electron chi connectivity index (χ4n) is 8.07. The average molecular weight is 1380 g/mol. The van der Waals surface area contributed by atoms with E-state index in [0.717, 1.165) is 0 Å². The van der Waals surface area contributed by atoms with Crippen LogP contribution in [0.15, 0.2) is 293 Å². The molecule has 0 saturated carbocycles. The Morgan fingerprint density at radius 2 is 0.402 bits per heavy atom. The summed E-state index contributed by atoms with van der Waals surface area (Å²) in [6.45, 7) is 60.6. The van der Waals surface area contributed by atoms with Crippen LogP contribution in [0.2, 0.25) is 0 Å². The van der Waals surface area contributed by atoms with E-state index in [2.05, 4.69) is 235 Å². The van der Waals surface area contributed by atoms with Gasteiger partial charge in [-0.1, -0.05) is 352 Å². The number of hydrogen-bond acceptors (Lipinski definition) is 6. The van der Waals surface area contributed by atoms with Crippen LogP contribution in [0.5, 0.6) is 0 Å². The number of nitrogens with zero attached hydrogens (tertiary/aromatic N) is 6. The first-order valence-electron chi connectivity index (χ1n) is 38.0. The molecule has 0 aliphatic heterocycles. The lowest BCUT2D eigenvalue weighted by molar-refractivity contribution is 1.32. The van der Waals surface area contributed by atoms with Crippen molar-refractivity contribution in [2.45, 2.75) is 208 Å². The van der Waals surface area contributed by atoms with Crippen LogP contribution < -0.4 is 0 Å². The molecule has 6 heterocycles. The zero-order valence-corrected chi connectivity index (χ0v) is 69.4. The van der Waals surface area contributed by atoms with Gasteiger partial charge >= 0.3 is 0 Å². The average Bonchev–Trinajstić information content (AvgIpc) is 0.900. The minimum Gasteiger partial charge on any atom is -0.265 e. The van der Waals surface area contributed by atoms with Gasteiger partial charge in [-0.3, -0.25) is 29.9 Å². The largest absolute Gasteiger partial charge is 0.265 e. The van der Waals surface area contributed by atoms with Crippen molar-refractivity contribution in [1.82, 2.24) is 29.9 Å². The number of hydrogen-bond donors (Lipinski definition) is 0. The summed E-state index contributed by atoms with van der Waals surface area (Å²) in [5.74, 6) is 0. The van der Waals surface area contributed by atoms with Gasteiger partial charge in [-0.25, -0.2) is 0 Å². The SMILES string of the molecule is CC.CC.CC.CC.CC.CC.CC.CC.CC.CC.CC.CC.Cc1ccc(-c2cccnc2)cc1.Cc1ccc(-c2cccnc2)cc1.Cc1ccc(-c2ccncc2)cc1.Cc1cccc(-c2ccncc2)c1.Cc1ccccc1-c1cccnc1.Cc1ccccc1-c1ccncc1. The highest BCUT2D eigenvalue weighted by Gasteiger charge is 2.02. The molecule has 0 radical (unpaired) electrons. The summed E-state index contributed by atoms with van der Waals surface area (Å²) in [6, 6.07) is 74.8. The van der Waals surface area contributed by atoms with Gasteiger partial charge in [0, 0.05) is 79.9 Å². The van der Waals surface area contributed by atoms with E-state index in [4.69, 9.17) is 0 Å². The number of aryl methyl sites for hydroxylation is 6. The van der Waals surface area contributed by atoms with Crippen molar-refractivity contribution in [2.75, 3.05) is 0 Å². The molecule has 6 heteroatoms. The maximum Gasteiger partial charge on any atom is 0.0346 e. The van der Waals surface area contributed by atoms with Gasteiger partial charge in [-0.15, -0.1) is 0 Å². The molecular formula is C96H138N6. The van der Waals surface area contributed by atoms with Gasteiger partial charge in [-0.05, 0) is 168 Å². The quantitative estimate of drug-likeness (QED) is 0.165. The molecule has 0 fully saturated rings. The standard InChI is InChI=1S/6C12H11N.12C2H6/c1-10-2-4-11(5-3-10)12-6-8-13-9-7-12;2*1-10-4-6-11(7-5-10)12-3-2-8-13-9-12;1-10-5-2-3-7-12(10)11-6-4-8-13-9-11;1-10-3-2-4-12(9-10)11-5-7-13-8-6-11;1-10-4-2-3-5-12(10)11-6-8-13-9-7-11;12*1-2/h6*2-9H,1H3;12*1-2H3. The lowest BCUT2D eigenvalue weighted by Crippen LogP contribution is -1.82. The number of rotatable bonds is 6. The highest BCUT2D eigenvalue weighted by molar-refractivity contribution is 5.68. The molecule has 0 unspecified atom stereocenters. The molecule has 0 aliphatic carbocycles. The van der Waals surface area contributed by atoms with E-state index in [1.54, 1.807) is 18.6 Å². The molecule has 12 aromatic rings. The minimum absolute atomic E-state index is 1.17. The zero-order valence-electron chi connectivity index (χ0n) is 69.4. The van der Waals surface area contributed by atoms with Crippen molar-refractivity contribution in [2.24, 2.45) is 0 Å². The van der Waals surface area contributed by atoms with Crippen molar-refractivity contribution in [3.8, 4) is 66.8 Å². The Morgan fingerprint density at radius 3 is 0.686 bits per heavy atom. The van der Waals surface area contributed by atoms with E-state index in [0.29, 0.717) is 0 Å². The van der Waals surface area contributed by atoms with Crippen LogP contribution in [0.25, 0.3) is 66.8 Å². The van der Waals surface area contributed by atoms with Crippen molar-refractivity contribution < 1.29 is 0 Å². The first kappa shape index (κ1) is 103. The predicted octanol–water partition coefficient (Wildman–Crippen LogP) is 30.7. The predicted molar refractivity (Wildman–Crippen MR) is 463 cm³/mol. The van der Waals surface area contributed by atoms with Gasteiger partial charge in [0.25, 0.3) is 0 Å². The van der Waals surface area contributed by atoms with Crippen molar-refractivity contribution in [1.29, 1.82) is 0 Å². The molecule has 0 saturated heterocycles. The van der Waals surface area contributed by atoms with E-state index in [1.165, 1.54) is 100 Å². The molecule has 12 rings (SSSR count). The number of pyridine rings is 6. The number of aromatic nitrogens is 6. The van der Waals surface area contributed by atoms with Gasteiger partial charge in [0.05, 0.1) is 0 Å². The summed E-state index contributed by atoms with van der Waals surface area (Å²) in [6.07, 6.45) is 21.9. The van der Waals surface area contributed by atoms with Crippen molar-refractivity contribution in [3.05, 3.63) is 326 Å². The number of benzene rings is 6. The third-order valence-corrected chi connectivity index (χ3v) is 12.4. The topological polar surface area (TPSA) is 77.3 Å². The van der Waals surface area contributed by atoms with Crippen LogP contribution in [0, 0.1) is 41.5 Å². The smallest absolute Gasteiger partial charge is 0.0346 e. The molecule has 552 valence electrons. The summed E-state index contributed by atoms with van der Waals surface area (Å²) in [5, 5.41) is 0. The first-order valence-corrected chi connectivity index (χ1v) is 38.0. The second-order valence-electron chi connectivity index (χ2n) is 18.5. The molecule has 0 spiro atoms.